The molecule has 2 aromatic carbocycles. The normalized spacial score (nSPS) is 16.2. The number of rotatable bonds is 3. The number of hydrogen-bond donors (Lipinski definition) is 0. The van der Waals surface area contributed by atoms with Gasteiger partial charge in [0.25, 0.3) is 5.56 Å². The summed E-state index contributed by atoms with van der Waals surface area (Å²) in [5, 5.41) is 0.669. The van der Waals surface area contributed by atoms with Crippen molar-refractivity contribution < 1.29 is 0 Å². The summed E-state index contributed by atoms with van der Waals surface area (Å²) < 4.78 is 2.16. The van der Waals surface area contributed by atoms with Crippen LogP contribution in [0.5, 0.6) is 0 Å². The first kappa shape index (κ1) is 18.3. The molecule has 4 heteroatoms. The molecule has 0 atom stereocenters. The van der Waals surface area contributed by atoms with Gasteiger partial charge in [0.05, 0.1) is 17.0 Å². The van der Waals surface area contributed by atoms with Crippen molar-refractivity contribution in [1.29, 1.82) is 0 Å². The van der Waals surface area contributed by atoms with Gasteiger partial charge in [-0.25, -0.2) is 0 Å². The summed E-state index contributed by atoms with van der Waals surface area (Å²) in [6, 6.07) is 18.7. The zero-order valence-electron chi connectivity index (χ0n) is 16.2. The molecule has 2 aliphatic carbocycles. The largest absolute Gasteiger partial charge is 0.288 e. The lowest BCUT2D eigenvalue weighted by Crippen LogP contribution is -2.38. The van der Waals surface area contributed by atoms with E-state index in [0.29, 0.717) is 10.9 Å². The van der Waals surface area contributed by atoms with Crippen LogP contribution in [0.15, 0.2) is 64.5 Å². The molecule has 0 amide bonds. The fourth-order valence-electron chi connectivity index (χ4n) is 5.09. The second-order valence-electron chi connectivity index (χ2n) is 7.91. The molecule has 0 N–H and O–H groups in total. The van der Waals surface area contributed by atoms with Crippen LogP contribution >= 0.6 is 11.8 Å². The molecule has 0 unspecified atom stereocenters. The third-order valence-electron chi connectivity index (χ3n) is 6.25. The Balaban J connectivity index is 1.90. The maximum absolute atomic E-state index is 13.4. The van der Waals surface area contributed by atoms with Crippen LogP contribution in [0.4, 0.5) is 0 Å². The molecule has 1 fully saturated rings. The average molecular weight is 399 g/mol. The Morgan fingerprint density at radius 1 is 1.07 bits per heavy atom. The second-order valence-corrected chi connectivity index (χ2v) is 8.85. The summed E-state index contributed by atoms with van der Waals surface area (Å²) in [6.07, 6.45) is 10.9. The summed E-state index contributed by atoms with van der Waals surface area (Å²) in [5.74, 6) is 3.15. The highest BCUT2D eigenvalue weighted by Crippen LogP contribution is 2.51. The minimum Gasteiger partial charge on any atom is -0.288 e. The fraction of sp³-hybridized carbons (Fsp3) is 0.280. The van der Waals surface area contributed by atoms with Gasteiger partial charge < -0.3 is 0 Å². The molecule has 3 nitrogen and oxygen atoms in total. The van der Waals surface area contributed by atoms with Crippen molar-refractivity contribution in [2.75, 3.05) is 5.75 Å². The molecule has 1 spiro atoms. The number of terminal acetylenes is 1. The van der Waals surface area contributed by atoms with Crippen molar-refractivity contribution in [2.45, 2.75) is 42.7 Å². The third kappa shape index (κ3) is 2.92. The number of benzene rings is 2. The number of thioether (sulfide) groups is 1. The molecule has 3 aromatic rings. The number of hydrogen-bond acceptors (Lipinski definition) is 3. The Hall–Kier alpha value is -2.77. The van der Waals surface area contributed by atoms with Crippen molar-refractivity contribution in [3.8, 4) is 29.3 Å². The molecule has 5 rings (SSSR count). The first-order chi connectivity index (χ1) is 14.2. The number of para-hydroxylation sites is 1. The maximum Gasteiger partial charge on any atom is 0.278 e. The van der Waals surface area contributed by atoms with E-state index in [-0.39, 0.29) is 11.0 Å². The summed E-state index contributed by atoms with van der Waals surface area (Å²) in [5.41, 5.74) is 5.22. The van der Waals surface area contributed by atoms with Crippen LogP contribution in [0.1, 0.15) is 36.8 Å². The SMILES string of the molecule is C#CCSc1nc(=O)c2c(n1-c1ccccc1)-c1ccccc1CC21CCCC1. The summed E-state index contributed by atoms with van der Waals surface area (Å²) in [7, 11) is 0. The molecular formula is C25H22N2OS. The summed E-state index contributed by atoms with van der Waals surface area (Å²) >= 11 is 1.45. The lowest BCUT2D eigenvalue weighted by Gasteiger charge is -2.37. The Labute approximate surface area is 175 Å². The smallest absolute Gasteiger partial charge is 0.278 e. The lowest BCUT2D eigenvalue weighted by molar-refractivity contribution is 0.422. The first-order valence-electron chi connectivity index (χ1n) is 10.1. The van der Waals surface area contributed by atoms with E-state index in [9.17, 15) is 4.79 Å². The van der Waals surface area contributed by atoms with Crippen LogP contribution in [0.2, 0.25) is 0 Å². The lowest BCUT2D eigenvalue weighted by atomic mass is 9.68. The van der Waals surface area contributed by atoms with Gasteiger partial charge in [0.15, 0.2) is 5.16 Å². The monoisotopic (exact) mass is 398 g/mol. The topological polar surface area (TPSA) is 34.9 Å². The quantitative estimate of drug-likeness (QED) is 0.354. The van der Waals surface area contributed by atoms with Crippen LogP contribution in [0, 0.1) is 12.3 Å². The fourth-order valence-corrected chi connectivity index (χ4v) is 5.78. The van der Waals surface area contributed by atoms with Gasteiger partial charge in [0.1, 0.15) is 0 Å². The second kappa shape index (κ2) is 7.24. The van der Waals surface area contributed by atoms with Crippen LogP contribution < -0.4 is 5.56 Å². The molecule has 1 heterocycles. The van der Waals surface area contributed by atoms with E-state index < -0.39 is 0 Å². The van der Waals surface area contributed by atoms with E-state index in [0.717, 1.165) is 41.8 Å². The molecule has 0 aliphatic heterocycles. The van der Waals surface area contributed by atoms with Crippen molar-refractivity contribution in [2.24, 2.45) is 0 Å². The Morgan fingerprint density at radius 2 is 1.79 bits per heavy atom. The van der Waals surface area contributed by atoms with Gasteiger partial charge in [-0.1, -0.05) is 73.0 Å². The van der Waals surface area contributed by atoms with Crippen molar-refractivity contribution in [3.63, 3.8) is 0 Å². The van der Waals surface area contributed by atoms with E-state index in [1.54, 1.807) is 0 Å². The van der Waals surface area contributed by atoms with E-state index in [2.05, 4.69) is 51.9 Å². The van der Waals surface area contributed by atoms with Crippen LogP contribution in [-0.2, 0) is 11.8 Å². The van der Waals surface area contributed by atoms with Crippen molar-refractivity contribution >= 4 is 11.8 Å². The average Bonchev–Trinajstić information content (AvgIpc) is 3.21. The van der Waals surface area contributed by atoms with Gasteiger partial charge in [-0.05, 0) is 37.0 Å². The van der Waals surface area contributed by atoms with Crippen LogP contribution in [0.25, 0.3) is 16.9 Å². The Bertz CT molecular complexity index is 1170. The minimum atomic E-state index is -0.0976. The Kier molecular flexibility index (Phi) is 4.56. The highest BCUT2D eigenvalue weighted by Gasteiger charge is 2.44. The maximum atomic E-state index is 13.4. The van der Waals surface area contributed by atoms with Gasteiger partial charge in [-0.3, -0.25) is 9.36 Å². The zero-order valence-corrected chi connectivity index (χ0v) is 17.0. The van der Waals surface area contributed by atoms with Gasteiger partial charge in [0, 0.05) is 16.7 Å². The number of fused-ring (bicyclic) bond motifs is 4. The number of nitrogens with zero attached hydrogens (tertiary/aromatic N) is 2. The molecular weight excluding hydrogens is 376 g/mol. The van der Waals surface area contributed by atoms with Gasteiger partial charge in [-0.2, -0.15) is 4.98 Å². The predicted molar refractivity (Wildman–Crippen MR) is 119 cm³/mol. The van der Waals surface area contributed by atoms with Gasteiger partial charge in [0.2, 0.25) is 0 Å². The molecule has 0 bridgehead atoms. The molecule has 1 saturated carbocycles. The zero-order chi connectivity index (χ0) is 19.8. The molecule has 0 radical (unpaired) electrons. The first-order valence-corrected chi connectivity index (χ1v) is 11.1. The third-order valence-corrected chi connectivity index (χ3v) is 7.10. The van der Waals surface area contributed by atoms with Gasteiger partial charge in [-0.15, -0.1) is 6.42 Å². The number of aromatic nitrogens is 2. The van der Waals surface area contributed by atoms with Crippen molar-refractivity contribution in [1.82, 2.24) is 9.55 Å². The molecule has 29 heavy (non-hydrogen) atoms. The van der Waals surface area contributed by atoms with E-state index >= 15 is 0 Å². The summed E-state index contributed by atoms with van der Waals surface area (Å²) in [6.45, 7) is 0. The molecule has 2 aliphatic rings. The molecule has 144 valence electrons. The molecule has 1 aromatic heterocycles. The van der Waals surface area contributed by atoms with Gasteiger partial charge >= 0.3 is 0 Å². The van der Waals surface area contributed by atoms with Crippen LogP contribution in [-0.4, -0.2) is 15.3 Å². The minimum absolute atomic E-state index is 0.0805. The van der Waals surface area contributed by atoms with E-state index in [1.165, 1.54) is 30.2 Å². The van der Waals surface area contributed by atoms with E-state index in [4.69, 9.17) is 6.42 Å². The Morgan fingerprint density at radius 3 is 2.55 bits per heavy atom. The van der Waals surface area contributed by atoms with Crippen LogP contribution in [0.3, 0.4) is 0 Å². The summed E-state index contributed by atoms with van der Waals surface area (Å²) in [4.78, 5) is 18.0. The van der Waals surface area contributed by atoms with E-state index in [1.807, 2.05) is 18.2 Å². The standard InChI is InChI=1S/C25H22N2OS/c1-2-16-29-24-26-23(28)21-22(27(24)19-11-4-3-5-12-19)20-13-7-6-10-18(20)17-25(21)14-8-9-15-25/h1,3-7,10-13H,8-9,14-17H2. The predicted octanol–water partition coefficient (Wildman–Crippen LogP) is 4.99. The molecule has 0 saturated heterocycles. The van der Waals surface area contributed by atoms with Crippen molar-refractivity contribution in [3.05, 3.63) is 76.1 Å². The highest BCUT2D eigenvalue weighted by molar-refractivity contribution is 7.99. The highest BCUT2D eigenvalue weighted by atomic mass is 32.2.